The summed E-state index contributed by atoms with van der Waals surface area (Å²) in [6, 6.07) is 0.839. The third-order valence-electron chi connectivity index (χ3n) is 2.98. The maximum Gasteiger partial charge on any atom is 0.0345 e. The van der Waals surface area contributed by atoms with E-state index in [4.69, 9.17) is 0 Å². The zero-order valence-corrected chi connectivity index (χ0v) is 9.18. The largest absolute Gasteiger partial charge is 0.314 e. The molecule has 78 valence electrons. The minimum Gasteiger partial charge on any atom is -0.314 e. The van der Waals surface area contributed by atoms with Gasteiger partial charge in [0.25, 0.3) is 0 Å². The Morgan fingerprint density at radius 3 is 2.38 bits per heavy atom. The van der Waals surface area contributed by atoms with Crippen molar-refractivity contribution in [1.29, 1.82) is 0 Å². The second-order valence-corrected chi connectivity index (χ2v) is 4.00. The maximum atomic E-state index is 3.34. The summed E-state index contributed by atoms with van der Waals surface area (Å²) < 4.78 is 0. The zero-order valence-electron chi connectivity index (χ0n) is 9.18. The molecule has 0 radical (unpaired) electrons. The van der Waals surface area contributed by atoms with Gasteiger partial charge in [-0.2, -0.15) is 0 Å². The van der Waals surface area contributed by atoms with Crippen molar-refractivity contribution >= 4 is 0 Å². The normalized spacial score (nSPS) is 17.8. The first-order valence-electron chi connectivity index (χ1n) is 5.83. The Bertz CT molecular complexity index is 121. The third kappa shape index (κ3) is 3.65. The second kappa shape index (κ2) is 6.39. The van der Waals surface area contributed by atoms with Crippen molar-refractivity contribution in [1.82, 2.24) is 10.2 Å². The van der Waals surface area contributed by atoms with Crippen LogP contribution in [-0.2, 0) is 0 Å². The van der Waals surface area contributed by atoms with Crippen LogP contribution in [0.4, 0.5) is 0 Å². The lowest BCUT2D eigenvalue weighted by atomic mass is 10.1. The van der Waals surface area contributed by atoms with Gasteiger partial charge in [-0.3, -0.25) is 4.90 Å². The monoisotopic (exact) mass is 184 g/mol. The lowest BCUT2D eigenvalue weighted by molar-refractivity contribution is 0.150. The summed E-state index contributed by atoms with van der Waals surface area (Å²) >= 11 is 0. The predicted molar refractivity (Wildman–Crippen MR) is 58.0 cm³/mol. The molecule has 0 aliphatic carbocycles. The van der Waals surface area contributed by atoms with Crippen LogP contribution in [0.25, 0.3) is 0 Å². The molecule has 1 aliphatic heterocycles. The maximum absolute atomic E-state index is 3.34. The van der Waals surface area contributed by atoms with Crippen LogP contribution in [0.5, 0.6) is 0 Å². The molecule has 1 fully saturated rings. The Kier molecular flexibility index (Phi) is 5.40. The van der Waals surface area contributed by atoms with Gasteiger partial charge in [0.05, 0.1) is 0 Å². The second-order valence-electron chi connectivity index (χ2n) is 4.00. The smallest absolute Gasteiger partial charge is 0.0345 e. The van der Waals surface area contributed by atoms with E-state index in [0.29, 0.717) is 0 Å². The number of nitrogens with zero attached hydrogens (tertiary/aromatic N) is 1. The van der Waals surface area contributed by atoms with Crippen molar-refractivity contribution in [3.8, 4) is 0 Å². The number of rotatable bonds is 7. The van der Waals surface area contributed by atoms with E-state index < -0.39 is 0 Å². The number of hydrogen-bond acceptors (Lipinski definition) is 2. The minimum absolute atomic E-state index is 0.839. The number of likely N-dealkylation sites (N-methyl/N-ethyl adjacent to an activating group) is 1. The van der Waals surface area contributed by atoms with Gasteiger partial charge in [0.15, 0.2) is 0 Å². The summed E-state index contributed by atoms with van der Waals surface area (Å²) in [6.07, 6.45) is 5.54. The van der Waals surface area contributed by atoms with E-state index in [0.717, 1.165) is 6.04 Å². The third-order valence-corrected chi connectivity index (χ3v) is 2.98. The highest BCUT2D eigenvalue weighted by Gasteiger charge is 2.22. The summed E-state index contributed by atoms with van der Waals surface area (Å²) in [4.78, 5) is 2.62. The summed E-state index contributed by atoms with van der Waals surface area (Å²) in [7, 11) is 0. The standard InChI is InChI=1S/C11H24N2/c1-3-5-6-7-8-13(4-2)11-9-12-10-11/h11-12H,3-10H2,1-2H3. The molecule has 1 heterocycles. The molecule has 0 unspecified atom stereocenters. The molecule has 2 heteroatoms. The number of hydrogen-bond donors (Lipinski definition) is 1. The first-order chi connectivity index (χ1) is 6.38. The zero-order chi connectivity index (χ0) is 9.52. The van der Waals surface area contributed by atoms with E-state index in [1.165, 1.54) is 51.9 Å². The molecule has 0 amide bonds. The van der Waals surface area contributed by atoms with E-state index in [2.05, 4.69) is 24.1 Å². The average molecular weight is 184 g/mol. The van der Waals surface area contributed by atoms with Crippen LogP contribution < -0.4 is 5.32 Å². The fourth-order valence-corrected chi connectivity index (χ4v) is 1.87. The number of nitrogens with one attached hydrogen (secondary N) is 1. The van der Waals surface area contributed by atoms with Crippen LogP contribution in [0.15, 0.2) is 0 Å². The first-order valence-corrected chi connectivity index (χ1v) is 5.83. The van der Waals surface area contributed by atoms with Crippen LogP contribution in [0.1, 0.15) is 39.5 Å². The van der Waals surface area contributed by atoms with Crippen molar-refractivity contribution in [2.24, 2.45) is 0 Å². The molecule has 0 saturated carbocycles. The van der Waals surface area contributed by atoms with Gasteiger partial charge in [-0.15, -0.1) is 0 Å². The van der Waals surface area contributed by atoms with Gasteiger partial charge < -0.3 is 5.32 Å². The van der Waals surface area contributed by atoms with Gasteiger partial charge in [-0.05, 0) is 19.5 Å². The number of unbranched alkanes of at least 4 members (excludes halogenated alkanes) is 3. The van der Waals surface area contributed by atoms with E-state index >= 15 is 0 Å². The Morgan fingerprint density at radius 1 is 1.15 bits per heavy atom. The highest BCUT2D eigenvalue weighted by molar-refractivity contribution is 4.83. The van der Waals surface area contributed by atoms with Crippen LogP contribution in [0.3, 0.4) is 0 Å². The van der Waals surface area contributed by atoms with Crippen LogP contribution >= 0.6 is 0 Å². The molecule has 2 nitrogen and oxygen atoms in total. The van der Waals surface area contributed by atoms with Crippen LogP contribution in [-0.4, -0.2) is 37.1 Å². The quantitative estimate of drug-likeness (QED) is 0.608. The van der Waals surface area contributed by atoms with Gasteiger partial charge in [0.1, 0.15) is 0 Å². The lowest BCUT2D eigenvalue weighted by Crippen LogP contribution is -2.57. The summed E-state index contributed by atoms with van der Waals surface area (Å²) in [5.74, 6) is 0. The molecule has 0 aromatic rings. The van der Waals surface area contributed by atoms with Gasteiger partial charge in [0, 0.05) is 19.1 Å². The van der Waals surface area contributed by atoms with Gasteiger partial charge >= 0.3 is 0 Å². The van der Waals surface area contributed by atoms with Crippen molar-refractivity contribution in [2.45, 2.75) is 45.6 Å². The van der Waals surface area contributed by atoms with E-state index in [1.807, 2.05) is 0 Å². The van der Waals surface area contributed by atoms with Crippen molar-refractivity contribution in [3.63, 3.8) is 0 Å². The molecule has 0 spiro atoms. The topological polar surface area (TPSA) is 15.3 Å². The fraction of sp³-hybridized carbons (Fsp3) is 1.00. The molecule has 0 bridgehead atoms. The molecule has 13 heavy (non-hydrogen) atoms. The lowest BCUT2D eigenvalue weighted by Gasteiger charge is -2.37. The van der Waals surface area contributed by atoms with Gasteiger partial charge in [-0.1, -0.05) is 33.1 Å². The first kappa shape index (κ1) is 11.0. The molecule has 0 aromatic heterocycles. The predicted octanol–water partition coefficient (Wildman–Crippen LogP) is 1.86. The minimum atomic E-state index is 0.839. The Morgan fingerprint density at radius 2 is 1.92 bits per heavy atom. The molecule has 1 N–H and O–H groups in total. The van der Waals surface area contributed by atoms with Gasteiger partial charge in [-0.25, -0.2) is 0 Å². The van der Waals surface area contributed by atoms with Crippen molar-refractivity contribution < 1.29 is 0 Å². The summed E-state index contributed by atoms with van der Waals surface area (Å²) in [5.41, 5.74) is 0. The summed E-state index contributed by atoms with van der Waals surface area (Å²) in [5, 5.41) is 3.34. The fourth-order valence-electron chi connectivity index (χ4n) is 1.87. The van der Waals surface area contributed by atoms with E-state index in [9.17, 15) is 0 Å². The molecule has 0 aromatic carbocycles. The molecular formula is C11H24N2. The molecule has 0 atom stereocenters. The van der Waals surface area contributed by atoms with Crippen molar-refractivity contribution in [3.05, 3.63) is 0 Å². The molecule has 1 rings (SSSR count). The van der Waals surface area contributed by atoms with E-state index in [1.54, 1.807) is 0 Å². The molecular weight excluding hydrogens is 160 g/mol. The van der Waals surface area contributed by atoms with Crippen LogP contribution in [0, 0.1) is 0 Å². The average Bonchev–Trinajstić information content (AvgIpc) is 2.07. The van der Waals surface area contributed by atoms with Crippen molar-refractivity contribution in [2.75, 3.05) is 26.2 Å². The Balaban J connectivity index is 2.02. The Labute approximate surface area is 82.7 Å². The van der Waals surface area contributed by atoms with Crippen LogP contribution in [0.2, 0.25) is 0 Å². The molecule has 1 saturated heterocycles. The summed E-state index contributed by atoms with van der Waals surface area (Å²) in [6.45, 7) is 9.50. The highest BCUT2D eigenvalue weighted by Crippen LogP contribution is 2.07. The SMILES string of the molecule is CCCCCCN(CC)C1CNC1. The van der Waals surface area contributed by atoms with E-state index in [-0.39, 0.29) is 0 Å². The Hall–Kier alpha value is -0.0800. The molecule has 1 aliphatic rings. The highest BCUT2D eigenvalue weighted by atomic mass is 15.2. The van der Waals surface area contributed by atoms with Gasteiger partial charge in [0.2, 0.25) is 0 Å².